The van der Waals surface area contributed by atoms with Gasteiger partial charge in [-0.3, -0.25) is 14.2 Å². The van der Waals surface area contributed by atoms with Crippen LogP contribution in [0.25, 0.3) is 16.8 Å². The summed E-state index contributed by atoms with van der Waals surface area (Å²) in [5.41, 5.74) is 6.18. The average Bonchev–Trinajstić information content (AvgIpc) is 2.95. The summed E-state index contributed by atoms with van der Waals surface area (Å²) in [6.07, 6.45) is 1.71. The Morgan fingerprint density at radius 2 is 1.50 bits per heavy atom. The molecule has 4 aromatic rings. The zero-order valence-corrected chi connectivity index (χ0v) is 23.1. The average molecular weight is 564 g/mol. The molecule has 0 fully saturated rings. The lowest BCUT2D eigenvalue weighted by atomic mass is 10.0. The molecule has 1 amide bonds. The van der Waals surface area contributed by atoms with Gasteiger partial charge in [-0.15, -0.1) is 0 Å². The van der Waals surface area contributed by atoms with Gasteiger partial charge in [-0.25, -0.2) is 8.42 Å². The van der Waals surface area contributed by atoms with Crippen LogP contribution < -0.4 is 20.8 Å². The van der Waals surface area contributed by atoms with Crippen LogP contribution in [-0.4, -0.2) is 43.2 Å². The third-order valence-corrected chi connectivity index (χ3v) is 8.20. The van der Waals surface area contributed by atoms with Crippen molar-refractivity contribution in [1.82, 2.24) is 9.55 Å². The molecular weight excluding hydrogens is 534 g/mol. The third-order valence-electron chi connectivity index (χ3n) is 6.41. The second-order valence-corrected chi connectivity index (χ2v) is 10.8. The number of para-hydroxylation sites is 1. The number of carbonyl (C=O) groups is 1. The fourth-order valence-electron chi connectivity index (χ4n) is 4.33. The molecule has 0 radical (unpaired) electrons. The first-order chi connectivity index (χ1) is 19.1. The van der Waals surface area contributed by atoms with Gasteiger partial charge in [0, 0.05) is 12.0 Å². The van der Waals surface area contributed by atoms with Crippen molar-refractivity contribution in [1.29, 1.82) is 0 Å². The molecule has 0 aliphatic heterocycles. The number of hydrogen-bond donors (Lipinski definition) is 2. The standard InChI is InChI=1S/C29H29N3O7S/c1-4-5-9-24-31-28(34)26(29(35)32(24)25-22(38-2)7-6-8-23(25)39-3)40(36,37)21-16-14-19(15-17-21)18-10-12-20(13-11-18)27(30)33/h6-8,10-17,35H,4-5,9H2,1-3H3,(H2,30,33). The van der Waals surface area contributed by atoms with Gasteiger partial charge in [0.1, 0.15) is 23.0 Å². The lowest BCUT2D eigenvalue weighted by Crippen LogP contribution is -2.25. The van der Waals surface area contributed by atoms with E-state index in [2.05, 4.69) is 4.98 Å². The summed E-state index contributed by atoms with van der Waals surface area (Å²) >= 11 is 0. The molecule has 1 heterocycles. The van der Waals surface area contributed by atoms with E-state index in [0.29, 0.717) is 24.0 Å². The minimum Gasteiger partial charge on any atom is -0.494 e. The Hall–Kier alpha value is -4.64. The van der Waals surface area contributed by atoms with Gasteiger partial charge < -0.3 is 20.3 Å². The fraction of sp³-hybridized carbons (Fsp3) is 0.207. The highest BCUT2D eigenvalue weighted by Crippen LogP contribution is 2.38. The van der Waals surface area contributed by atoms with Gasteiger partial charge in [0.15, 0.2) is 4.90 Å². The predicted octanol–water partition coefficient (Wildman–Crippen LogP) is 3.90. The molecule has 1 aromatic heterocycles. The Morgan fingerprint density at radius 3 is 2.00 bits per heavy atom. The number of aryl methyl sites for hydroxylation is 1. The Bertz CT molecular complexity index is 1690. The van der Waals surface area contributed by atoms with E-state index in [9.17, 15) is 23.1 Å². The van der Waals surface area contributed by atoms with Crippen molar-refractivity contribution >= 4 is 15.7 Å². The Balaban J connectivity index is 1.87. The molecule has 208 valence electrons. The summed E-state index contributed by atoms with van der Waals surface area (Å²) in [4.78, 5) is 27.5. The van der Waals surface area contributed by atoms with Crippen LogP contribution in [-0.2, 0) is 16.3 Å². The Kier molecular flexibility index (Phi) is 8.24. The summed E-state index contributed by atoms with van der Waals surface area (Å²) in [5.74, 6) is -0.611. The number of aromatic hydroxyl groups is 1. The Labute approximate surface area is 231 Å². The first kappa shape index (κ1) is 28.4. The van der Waals surface area contributed by atoms with Gasteiger partial charge in [0.25, 0.3) is 5.56 Å². The van der Waals surface area contributed by atoms with Crippen LogP contribution in [0.2, 0.25) is 0 Å². The molecule has 0 saturated heterocycles. The van der Waals surface area contributed by atoms with E-state index in [1.807, 2.05) is 6.92 Å². The highest BCUT2D eigenvalue weighted by molar-refractivity contribution is 7.91. The van der Waals surface area contributed by atoms with Crippen LogP contribution in [0.4, 0.5) is 0 Å². The van der Waals surface area contributed by atoms with Crippen LogP contribution in [0.5, 0.6) is 17.4 Å². The normalized spacial score (nSPS) is 11.3. The number of hydrogen-bond acceptors (Lipinski definition) is 8. The Morgan fingerprint density at radius 1 is 0.950 bits per heavy atom. The van der Waals surface area contributed by atoms with Crippen LogP contribution in [0.3, 0.4) is 0 Å². The second-order valence-electron chi connectivity index (χ2n) is 8.91. The highest BCUT2D eigenvalue weighted by Gasteiger charge is 2.31. The van der Waals surface area contributed by atoms with Gasteiger partial charge >= 0.3 is 0 Å². The molecule has 40 heavy (non-hydrogen) atoms. The van der Waals surface area contributed by atoms with Gasteiger partial charge in [0.2, 0.25) is 21.6 Å². The quantitative estimate of drug-likeness (QED) is 0.295. The van der Waals surface area contributed by atoms with Crippen LogP contribution >= 0.6 is 0 Å². The van der Waals surface area contributed by atoms with Crippen LogP contribution in [0.1, 0.15) is 35.9 Å². The number of amides is 1. The van der Waals surface area contributed by atoms with E-state index in [1.54, 1.807) is 54.6 Å². The molecule has 4 rings (SSSR count). The molecule has 0 saturated carbocycles. The van der Waals surface area contributed by atoms with Crippen LogP contribution in [0.15, 0.2) is 81.3 Å². The number of methoxy groups -OCH3 is 2. The summed E-state index contributed by atoms with van der Waals surface area (Å²) in [5, 5.41) is 11.4. The second kappa shape index (κ2) is 11.6. The highest BCUT2D eigenvalue weighted by atomic mass is 32.2. The molecule has 0 aliphatic rings. The molecule has 11 heteroatoms. The smallest absolute Gasteiger partial charge is 0.296 e. The van der Waals surface area contributed by atoms with E-state index in [1.165, 1.54) is 30.9 Å². The predicted molar refractivity (Wildman–Crippen MR) is 149 cm³/mol. The van der Waals surface area contributed by atoms with Gasteiger partial charge in [-0.2, -0.15) is 4.98 Å². The summed E-state index contributed by atoms with van der Waals surface area (Å²) in [6.45, 7) is 1.96. The maximum atomic E-state index is 13.7. The van der Waals surface area contributed by atoms with Gasteiger partial charge in [-0.05, 0) is 53.9 Å². The molecule has 0 spiro atoms. The minimum absolute atomic E-state index is 0.167. The lowest BCUT2D eigenvalue weighted by molar-refractivity contribution is 0.1000. The molecule has 3 N–H and O–H groups in total. The first-order valence-corrected chi connectivity index (χ1v) is 13.9. The number of sulfone groups is 1. The minimum atomic E-state index is -4.51. The molecule has 0 unspecified atom stereocenters. The summed E-state index contributed by atoms with van der Waals surface area (Å²) < 4.78 is 39.6. The maximum Gasteiger partial charge on any atom is 0.296 e. The number of carbonyl (C=O) groups excluding carboxylic acids is 1. The van der Waals surface area contributed by atoms with Gasteiger partial charge in [0.05, 0.1) is 19.1 Å². The number of ether oxygens (including phenoxy) is 2. The van der Waals surface area contributed by atoms with Crippen molar-refractivity contribution in [3.63, 3.8) is 0 Å². The van der Waals surface area contributed by atoms with E-state index in [-0.39, 0.29) is 27.9 Å². The van der Waals surface area contributed by atoms with E-state index in [4.69, 9.17) is 15.2 Å². The van der Waals surface area contributed by atoms with E-state index < -0.39 is 32.1 Å². The summed E-state index contributed by atoms with van der Waals surface area (Å²) in [7, 11) is -1.66. The molecule has 10 nitrogen and oxygen atoms in total. The number of nitrogens with two attached hydrogens (primary N) is 1. The number of primary amides is 1. The lowest BCUT2D eigenvalue weighted by Gasteiger charge is -2.21. The van der Waals surface area contributed by atoms with E-state index >= 15 is 0 Å². The van der Waals surface area contributed by atoms with Crippen molar-refractivity contribution in [2.24, 2.45) is 5.73 Å². The maximum absolute atomic E-state index is 13.7. The third kappa shape index (κ3) is 5.28. The topological polar surface area (TPSA) is 151 Å². The van der Waals surface area contributed by atoms with Crippen molar-refractivity contribution in [3.8, 4) is 34.2 Å². The first-order valence-electron chi connectivity index (χ1n) is 12.5. The number of aromatic nitrogens is 2. The van der Waals surface area contributed by atoms with Crippen molar-refractivity contribution in [2.45, 2.75) is 36.0 Å². The van der Waals surface area contributed by atoms with Crippen LogP contribution in [0, 0.1) is 0 Å². The van der Waals surface area contributed by atoms with Crippen molar-refractivity contribution in [2.75, 3.05) is 14.2 Å². The molecule has 3 aromatic carbocycles. The largest absolute Gasteiger partial charge is 0.494 e. The number of unbranched alkanes of at least 4 members (excludes halogenated alkanes) is 1. The number of rotatable bonds is 10. The van der Waals surface area contributed by atoms with Gasteiger partial charge in [-0.1, -0.05) is 43.7 Å². The zero-order chi connectivity index (χ0) is 29.0. The zero-order valence-electron chi connectivity index (χ0n) is 22.2. The van der Waals surface area contributed by atoms with Crippen molar-refractivity contribution in [3.05, 3.63) is 88.5 Å². The van der Waals surface area contributed by atoms with Crippen molar-refractivity contribution < 1.29 is 27.8 Å². The molecular formula is C29H29N3O7S. The van der Waals surface area contributed by atoms with E-state index in [0.717, 1.165) is 12.0 Å². The summed E-state index contributed by atoms with van der Waals surface area (Å²) in [6, 6.07) is 17.3. The molecule has 0 aliphatic carbocycles. The fourth-order valence-corrected chi connectivity index (χ4v) is 5.67. The SMILES string of the molecule is CCCCc1nc(=O)c(S(=O)(=O)c2ccc(-c3ccc(C(N)=O)cc3)cc2)c(O)n1-c1c(OC)cccc1OC. The number of benzene rings is 3. The molecule has 0 bridgehead atoms. The molecule has 0 atom stereocenters. The number of nitrogens with zero attached hydrogens (tertiary/aromatic N) is 2. The monoisotopic (exact) mass is 563 g/mol.